The van der Waals surface area contributed by atoms with Gasteiger partial charge in [0.1, 0.15) is 6.33 Å². The number of nitrogens with zero attached hydrogens (tertiary/aromatic N) is 3. The molecule has 1 N–H and O–H groups in total. The van der Waals surface area contributed by atoms with Gasteiger partial charge in [-0.15, -0.1) is 0 Å². The lowest BCUT2D eigenvalue weighted by Crippen LogP contribution is -2.24. The van der Waals surface area contributed by atoms with Gasteiger partial charge in [0.2, 0.25) is 0 Å². The van der Waals surface area contributed by atoms with Crippen LogP contribution >= 0.6 is 0 Å². The maximum absolute atomic E-state index is 4.12. The second-order valence-electron chi connectivity index (χ2n) is 6.38. The van der Waals surface area contributed by atoms with Crippen LogP contribution in [0.1, 0.15) is 51.7 Å². The Labute approximate surface area is 114 Å². The van der Waals surface area contributed by atoms with Crippen molar-refractivity contribution in [3.05, 3.63) is 42.2 Å². The zero-order valence-electron chi connectivity index (χ0n) is 12.1. The van der Waals surface area contributed by atoms with Crippen molar-refractivity contribution in [3.8, 4) is 0 Å². The Bertz CT molecular complexity index is 500. The van der Waals surface area contributed by atoms with Crippen LogP contribution in [0.5, 0.6) is 0 Å². The number of nitrogens with one attached hydrogen (secondary N) is 1. The number of aromatic nitrogens is 4. The van der Waals surface area contributed by atoms with E-state index in [1.165, 1.54) is 11.1 Å². The van der Waals surface area contributed by atoms with E-state index in [4.69, 9.17) is 0 Å². The second kappa shape index (κ2) is 5.11. The molecule has 2 aromatic heterocycles. The monoisotopic (exact) mass is 258 g/mol. The van der Waals surface area contributed by atoms with E-state index in [1.807, 2.05) is 24.8 Å². The summed E-state index contributed by atoms with van der Waals surface area (Å²) in [6.45, 7) is 9.01. The lowest BCUT2D eigenvalue weighted by Gasteiger charge is -2.30. The number of H-pyrrole nitrogens is 1. The van der Waals surface area contributed by atoms with Crippen molar-refractivity contribution >= 4 is 0 Å². The number of aromatic amines is 1. The van der Waals surface area contributed by atoms with Crippen LogP contribution in [0.25, 0.3) is 0 Å². The summed E-state index contributed by atoms with van der Waals surface area (Å²) in [7, 11) is 0. The molecule has 0 radical (unpaired) electrons. The van der Waals surface area contributed by atoms with Gasteiger partial charge in [-0.2, -0.15) is 5.10 Å². The summed E-state index contributed by atoms with van der Waals surface area (Å²) >= 11 is 0. The first-order chi connectivity index (χ1) is 8.92. The van der Waals surface area contributed by atoms with E-state index >= 15 is 0 Å². The molecule has 4 heteroatoms. The Morgan fingerprint density at radius 1 is 0.895 bits per heavy atom. The SMILES string of the molecule is CC(C)(CCC(C)(C)c1cn[nH]c1)c1cncnc1. The minimum Gasteiger partial charge on any atom is -0.285 e. The average molecular weight is 258 g/mol. The molecule has 2 aromatic rings. The molecule has 0 bridgehead atoms. The summed E-state index contributed by atoms with van der Waals surface area (Å²) in [6.07, 6.45) is 11.5. The van der Waals surface area contributed by atoms with Gasteiger partial charge in [0.15, 0.2) is 0 Å². The Balaban J connectivity index is 2.06. The molecule has 2 rings (SSSR count). The van der Waals surface area contributed by atoms with Crippen LogP contribution in [0.3, 0.4) is 0 Å². The molecule has 0 atom stereocenters. The third-order valence-electron chi connectivity index (χ3n) is 4.00. The van der Waals surface area contributed by atoms with Crippen LogP contribution in [-0.2, 0) is 10.8 Å². The molecule has 0 fully saturated rings. The maximum Gasteiger partial charge on any atom is 0.115 e. The van der Waals surface area contributed by atoms with Gasteiger partial charge in [-0.3, -0.25) is 5.10 Å². The lowest BCUT2D eigenvalue weighted by molar-refractivity contribution is 0.373. The predicted octanol–water partition coefficient (Wildman–Crippen LogP) is 3.24. The fourth-order valence-electron chi connectivity index (χ4n) is 2.18. The third kappa shape index (κ3) is 3.19. The van der Waals surface area contributed by atoms with Crippen molar-refractivity contribution in [1.82, 2.24) is 20.2 Å². The Morgan fingerprint density at radius 2 is 1.47 bits per heavy atom. The topological polar surface area (TPSA) is 54.5 Å². The highest BCUT2D eigenvalue weighted by Gasteiger charge is 2.27. The molecule has 0 aliphatic heterocycles. The Kier molecular flexibility index (Phi) is 3.69. The van der Waals surface area contributed by atoms with Crippen molar-refractivity contribution in [2.24, 2.45) is 0 Å². The summed E-state index contributed by atoms with van der Waals surface area (Å²) in [6, 6.07) is 0. The number of rotatable bonds is 5. The van der Waals surface area contributed by atoms with Crippen LogP contribution in [0.15, 0.2) is 31.1 Å². The molecule has 0 aliphatic rings. The fraction of sp³-hybridized carbons (Fsp3) is 0.533. The van der Waals surface area contributed by atoms with Gasteiger partial charge >= 0.3 is 0 Å². The van der Waals surface area contributed by atoms with Gasteiger partial charge in [0.25, 0.3) is 0 Å². The first kappa shape index (κ1) is 13.7. The molecule has 0 amide bonds. The average Bonchev–Trinajstić information content (AvgIpc) is 2.93. The van der Waals surface area contributed by atoms with Crippen LogP contribution in [0.2, 0.25) is 0 Å². The normalized spacial score (nSPS) is 12.6. The number of hydrogen-bond donors (Lipinski definition) is 1. The summed E-state index contributed by atoms with van der Waals surface area (Å²) in [4.78, 5) is 8.24. The van der Waals surface area contributed by atoms with E-state index in [1.54, 1.807) is 6.33 Å². The van der Waals surface area contributed by atoms with Gasteiger partial charge in [-0.25, -0.2) is 9.97 Å². The van der Waals surface area contributed by atoms with Crippen LogP contribution < -0.4 is 0 Å². The minimum atomic E-state index is 0.0856. The van der Waals surface area contributed by atoms with Gasteiger partial charge in [0.05, 0.1) is 6.20 Å². The van der Waals surface area contributed by atoms with E-state index < -0.39 is 0 Å². The molecule has 0 aliphatic carbocycles. The van der Waals surface area contributed by atoms with Crippen LogP contribution in [0, 0.1) is 0 Å². The second-order valence-corrected chi connectivity index (χ2v) is 6.38. The van der Waals surface area contributed by atoms with E-state index in [2.05, 4.69) is 47.9 Å². The summed E-state index contributed by atoms with van der Waals surface area (Å²) in [5, 5.41) is 6.94. The molecule has 102 valence electrons. The molecule has 0 unspecified atom stereocenters. The molecule has 2 heterocycles. The smallest absolute Gasteiger partial charge is 0.115 e. The summed E-state index contributed by atoms with van der Waals surface area (Å²) in [5.74, 6) is 0. The largest absolute Gasteiger partial charge is 0.285 e. The molecule has 0 saturated heterocycles. The molecular formula is C15H22N4. The quantitative estimate of drug-likeness (QED) is 0.895. The van der Waals surface area contributed by atoms with E-state index in [0.29, 0.717) is 0 Å². The standard InChI is InChI=1S/C15H22N4/c1-14(2,12-7-16-11-17-8-12)5-6-15(3,4)13-9-18-19-10-13/h7-11H,5-6H2,1-4H3,(H,18,19). The molecule has 4 nitrogen and oxygen atoms in total. The van der Waals surface area contributed by atoms with Gasteiger partial charge < -0.3 is 0 Å². The molecule has 0 saturated carbocycles. The van der Waals surface area contributed by atoms with Crippen LogP contribution in [-0.4, -0.2) is 20.2 Å². The molecular weight excluding hydrogens is 236 g/mol. The van der Waals surface area contributed by atoms with Crippen molar-refractivity contribution in [2.75, 3.05) is 0 Å². The third-order valence-corrected chi connectivity index (χ3v) is 4.00. The highest BCUT2D eigenvalue weighted by Crippen LogP contribution is 2.35. The van der Waals surface area contributed by atoms with E-state index in [0.717, 1.165) is 12.8 Å². The first-order valence-electron chi connectivity index (χ1n) is 6.67. The van der Waals surface area contributed by atoms with E-state index in [-0.39, 0.29) is 10.8 Å². The first-order valence-corrected chi connectivity index (χ1v) is 6.67. The fourth-order valence-corrected chi connectivity index (χ4v) is 2.18. The van der Waals surface area contributed by atoms with Gasteiger partial charge in [-0.1, -0.05) is 27.7 Å². The zero-order valence-corrected chi connectivity index (χ0v) is 12.1. The molecule has 0 aromatic carbocycles. The summed E-state index contributed by atoms with van der Waals surface area (Å²) < 4.78 is 0. The van der Waals surface area contributed by atoms with Crippen molar-refractivity contribution < 1.29 is 0 Å². The van der Waals surface area contributed by atoms with Crippen molar-refractivity contribution in [1.29, 1.82) is 0 Å². The summed E-state index contributed by atoms with van der Waals surface area (Å²) in [5.41, 5.74) is 2.66. The highest BCUT2D eigenvalue weighted by atomic mass is 15.1. The predicted molar refractivity (Wildman–Crippen MR) is 75.9 cm³/mol. The Morgan fingerprint density at radius 3 is 2.00 bits per heavy atom. The minimum absolute atomic E-state index is 0.0856. The van der Waals surface area contributed by atoms with Crippen LogP contribution in [0.4, 0.5) is 0 Å². The van der Waals surface area contributed by atoms with Gasteiger partial charge in [0, 0.05) is 18.6 Å². The van der Waals surface area contributed by atoms with E-state index in [9.17, 15) is 0 Å². The molecule has 0 spiro atoms. The van der Waals surface area contributed by atoms with Gasteiger partial charge in [-0.05, 0) is 34.8 Å². The zero-order chi connectivity index (χ0) is 13.9. The van der Waals surface area contributed by atoms with Crippen molar-refractivity contribution in [2.45, 2.75) is 51.4 Å². The van der Waals surface area contributed by atoms with Crippen molar-refractivity contribution in [3.63, 3.8) is 0 Å². The highest BCUT2D eigenvalue weighted by molar-refractivity contribution is 5.19. The molecule has 19 heavy (non-hydrogen) atoms. The lowest BCUT2D eigenvalue weighted by atomic mass is 9.74. The number of hydrogen-bond acceptors (Lipinski definition) is 3. The Hall–Kier alpha value is -1.71. The maximum atomic E-state index is 4.12.